The molecule has 1 aliphatic carbocycles. The number of fused-ring (bicyclic) bond motifs is 1. The van der Waals surface area contributed by atoms with Crippen molar-refractivity contribution in [3.05, 3.63) is 33.8 Å². The van der Waals surface area contributed by atoms with Crippen LogP contribution in [0.4, 0.5) is 0 Å². The second kappa shape index (κ2) is 4.10. The van der Waals surface area contributed by atoms with E-state index in [1.54, 1.807) is 0 Å². The minimum absolute atomic E-state index is 0.0416. The summed E-state index contributed by atoms with van der Waals surface area (Å²) in [5, 5.41) is 6.46. The zero-order valence-electron chi connectivity index (χ0n) is 9.66. The second-order valence-corrected chi connectivity index (χ2v) is 5.82. The first-order chi connectivity index (χ1) is 8.16. The highest BCUT2D eigenvalue weighted by atomic mass is 79.9. The molecule has 0 radical (unpaired) electrons. The van der Waals surface area contributed by atoms with E-state index in [0.717, 1.165) is 28.7 Å². The van der Waals surface area contributed by atoms with Gasteiger partial charge in [-0.15, -0.1) is 0 Å². The fourth-order valence-corrected chi connectivity index (χ4v) is 3.10. The van der Waals surface area contributed by atoms with Crippen LogP contribution >= 0.6 is 15.9 Å². The minimum Gasteiger partial charge on any atom is -0.349 e. The molecule has 1 aromatic rings. The summed E-state index contributed by atoms with van der Waals surface area (Å²) in [6, 6.07) is 6.24. The van der Waals surface area contributed by atoms with Crippen molar-refractivity contribution in [3.8, 4) is 0 Å². The molecule has 0 bridgehead atoms. The van der Waals surface area contributed by atoms with E-state index >= 15 is 0 Å². The zero-order valence-corrected chi connectivity index (χ0v) is 11.3. The van der Waals surface area contributed by atoms with Crippen LogP contribution in [-0.2, 0) is 0 Å². The van der Waals surface area contributed by atoms with Crippen molar-refractivity contribution in [2.75, 3.05) is 13.1 Å². The third-order valence-corrected chi connectivity index (χ3v) is 4.45. The van der Waals surface area contributed by atoms with E-state index in [9.17, 15) is 4.79 Å². The lowest BCUT2D eigenvalue weighted by molar-refractivity contribution is 0.0945. The maximum Gasteiger partial charge on any atom is 0.252 e. The standard InChI is InChI=1S/C13H15BrN2O/c1-7-2-3-11(14)8(4-7)13(17)16-12-9-5-15-6-10(9)12/h2-4,9-10,12,15H,5-6H2,1H3,(H,16,17). The average molecular weight is 295 g/mol. The first kappa shape index (κ1) is 11.2. The first-order valence-corrected chi connectivity index (χ1v) is 6.74. The molecule has 1 amide bonds. The van der Waals surface area contributed by atoms with Gasteiger partial charge in [-0.3, -0.25) is 4.79 Å². The number of hydrogen-bond acceptors (Lipinski definition) is 2. The fourth-order valence-electron chi connectivity index (χ4n) is 2.67. The van der Waals surface area contributed by atoms with Crippen LogP contribution in [0, 0.1) is 18.8 Å². The number of aryl methyl sites for hydroxylation is 1. The molecule has 3 nitrogen and oxygen atoms in total. The van der Waals surface area contributed by atoms with Gasteiger partial charge in [-0.1, -0.05) is 11.6 Å². The smallest absolute Gasteiger partial charge is 0.252 e. The predicted molar refractivity (Wildman–Crippen MR) is 70.0 cm³/mol. The van der Waals surface area contributed by atoms with Crippen LogP contribution in [0.15, 0.2) is 22.7 Å². The largest absolute Gasteiger partial charge is 0.349 e. The Morgan fingerprint density at radius 2 is 2.12 bits per heavy atom. The van der Waals surface area contributed by atoms with Gasteiger partial charge in [-0.25, -0.2) is 0 Å². The van der Waals surface area contributed by atoms with E-state index in [-0.39, 0.29) is 5.91 Å². The van der Waals surface area contributed by atoms with Crippen molar-refractivity contribution in [2.45, 2.75) is 13.0 Å². The van der Waals surface area contributed by atoms with Crippen molar-refractivity contribution < 1.29 is 4.79 Å². The Balaban J connectivity index is 1.72. The molecule has 2 fully saturated rings. The summed E-state index contributed by atoms with van der Waals surface area (Å²) in [6.45, 7) is 4.09. The Bertz CT molecular complexity index is 464. The number of carbonyl (C=O) groups excluding carboxylic acids is 1. The maximum absolute atomic E-state index is 12.1. The SMILES string of the molecule is Cc1ccc(Br)c(C(=O)NC2C3CNCC32)c1. The summed E-state index contributed by atoms with van der Waals surface area (Å²) in [4.78, 5) is 12.1. The van der Waals surface area contributed by atoms with E-state index in [1.165, 1.54) is 0 Å². The molecule has 2 N–H and O–H groups in total. The molecule has 1 aliphatic heterocycles. The number of halogens is 1. The van der Waals surface area contributed by atoms with Crippen molar-refractivity contribution >= 4 is 21.8 Å². The maximum atomic E-state index is 12.1. The monoisotopic (exact) mass is 294 g/mol. The van der Waals surface area contributed by atoms with Gasteiger partial charge in [-0.05, 0) is 46.8 Å². The van der Waals surface area contributed by atoms with Crippen LogP contribution in [0.5, 0.6) is 0 Å². The summed E-state index contributed by atoms with van der Waals surface area (Å²) in [7, 11) is 0. The van der Waals surface area contributed by atoms with Crippen molar-refractivity contribution in [1.29, 1.82) is 0 Å². The van der Waals surface area contributed by atoms with Crippen molar-refractivity contribution in [2.24, 2.45) is 11.8 Å². The molecule has 2 unspecified atom stereocenters. The highest BCUT2D eigenvalue weighted by molar-refractivity contribution is 9.10. The molecule has 0 aromatic heterocycles. The molecule has 4 heteroatoms. The van der Waals surface area contributed by atoms with Crippen LogP contribution in [-0.4, -0.2) is 25.0 Å². The van der Waals surface area contributed by atoms with Gasteiger partial charge in [0.1, 0.15) is 0 Å². The van der Waals surface area contributed by atoms with Gasteiger partial charge in [-0.2, -0.15) is 0 Å². The molecule has 90 valence electrons. The Labute approximate surface area is 109 Å². The average Bonchev–Trinajstić information content (AvgIpc) is 2.76. The number of piperidine rings is 1. The van der Waals surface area contributed by atoms with Crippen LogP contribution in [0.1, 0.15) is 15.9 Å². The topological polar surface area (TPSA) is 41.1 Å². The quantitative estimate of drug-likeness (QED) is 0.872. The summed E-state index contributed by atoms with van der Waals surface area (Å²) in [5.41, 5.74) is 1.85. The molecular weight excluding hydrogens is 280 g/mol. The van der Waals surface area contributed by atoms with E-state index in [2.05, 4.69) is 26.6 Å². The normalized spacial score (nSPS) is 29.9. The zero-order chi connectivity index (χ0) is 12.0. The lowest BCUT2D eigenvalue weighted by atomic mass is 10.1. The molecule has 1 heterocycles. The molecule has 1 aromatic carbocycles. The molecule has 17 heavy (non-hydrogen) atoms. The summed E-state index contributed by atoms with van der Waals surface area (Å²) in [5.74, 6) is 1.35. The van der Waals surface area contributed by atoms with Crippen LogP contribution in [0.3, 0.4) is 0 Å². The van der Waals surface area contributed by atoms with Gasteiger partial charge in [0.15, 0.2) is 0 Å². The van der Waals surface area contributed by atoms with Gasteiger partial charge in [0.2, 0.25) is 0 Å². The molecular formula is C13H15BrN2O. The van der Waals surface area contributed by atoms with Crippen LogP contribution < -0.4 is 10.6 Å². The summed E-state index contributed by atoms with van der Waals surface area (Å²) in [6.07, 6.45) is 0. The van der Waals surface area contributed by atoms with Crippen LogP contribution in [0.25, 0.3) is 0 Å². The van der Waals surface area contributed by atoms with E-state index in [0.29, 0.717) is 17.9 Å². The highest BCUT2D eigenvalue weighted by Gasteiger charge is 2.53. The predicted octanol–water partition coefficient (Wildman–Crippen LogP) is 1.71. The van der Waals surface area contributed by atoms with Gasteiger partial charge in [0.05, 0.1) is 5.56 Å². The van der Waals surface area contributed by atoms with E-state index in [1.807, 2.05) is 25.1 Å². The second-order valence-electron chi connectivity index (χ2n) is 4.97. The molecule has 2 aliphatic rings. The van der Waals surface area contributed by atoms with Crippen molar-refractivity contribution in [3.63, 3.8) is 0 Å². The van der Waals surface area contributed by atoms with Gasteiger partial charge in [0.25, 0.3) is 5.91 Å². The third kappa shape index (κ3) is 2.00. The van der Waals surface area contributed by atoms with Crippen molar-refractivity contribution in [1.82, 2.24) is 10.6 Å². The number of amides is 1. The van der Waals surface area contributed by atoms with Gasteiger partial charge < -0.3 is 10.6 Å². The molecule has 3 rings (SSSR count). The fraction of sp³-hybridized carbons (Fsp3) is 0.462. The molecule has 2 atom stereocenters. The summed E-state index contributed by atoms with van der Waals surface area (Å²) < 4.78 is 0.865. The molecule has 0 spiro atoms. The number of nitrogens with one attached hydrogen (secondary N) is 2. The Hall–Kier alpha value is -0.870. The van der Waals surface area contributed by atoms with Crippen LogP contribution in [0.2, 0.25) is 0 Å². The molecule has 1 saturated heterocycles. The molecule has 1 saturated carbocycles. The summed E-state index contributed by atoms with van der Waals surface area (Å²) >= 11 is 3.43. The number of hydrogen-bond donors (Lipinski definition) is 2. The lowest BCUT2D eigenvalue weighted by Gasteiger charge is -2.09. The third-order valence-electron chi connectivity index (χ3n) is 3.76. The minimum atomic E-state index is 0.0416. The Morgan fingerprint density at radius 3 is 2.82 bits per heavy atom. The first-order valence-electron chi connectivity index (χ1n) is 5.94. The Kier molecular flexibility index (Phi) is 2.71. The van der Waals surface area contributed by atoms with Gasteiger partial charge >= 0.3 is 0 Å². The van der Waals surface area contributed by atoms with E-state index < -0.39 is 0 Å². The lowest BCUT2D eigenvalue weighted by Crippen LogP contribution is -2.32. The van der Waals surface area contributed by atoms with E-state index in [4.69, 9.17) is 0 Å². The van der Waals surface area contributed by atoms with Gasteiger partial charge in [0, 0.05) is 23.6 Å². The number of benzene rings is 1. The number of carbonyl (C=O) groups is 1. The Morgan fingerprint density at radius 1 is 1.41 bits per heavy atom. The highest BCUT2D eigenvalue weighted by Crippen LogP contribution is 2.41. The number of rotatable bonds is 2.